The number of hydrogen-bond donors (Lipinski definition) is 5. The molecule has 108 valence electrons. The molecule has 0 aromatic carbocycles. The molecular weight excluding hydrogens is 294 g/mol. The van der Waals surface area contributed by atoms with Gasteiger partial charge in [-0.3, -0.25) is 9.11 Å². The molecule has 0 aromatic rings. The normalized spacial score (nSPS) is 35.3. The summed E-state index contributed by atoms with van der Waals surface area (Å²) in [5, 5.41) is 18.3. The molecule has 1 fully saturated rings. The number of nitrogens with one attached hydrogen (secondary N) is 1. The summed E-state index contributed by atoms with van der Waals surface area (Å²) in [6.45, 7) is -0.517. The summed E-state index contributed by atoms with van der Waals surface area (Å²) < 4.78 is 60.0. The summed E-state index contributed by atoms with van der Waals surface area (Å²) >= 11 is -2.56. The van der Waals surface area contributed by atoms with Gasteiger partial charge in [-0.2, -0.15) is 8.42 Å². The van der Waals surface area contributed by atoms with E-state index in [9.17, 15) is 17.7 Å². The van der Waals surface area contributed by atoms with Crippen LogP contribution in [0.15, 0.2) is 0 Å². The maximum atomic E-state index is 10.6. The Morgan fingerprint density at radius 1 is 1.50 bits per heavy atom. The smallest absolute Gasteiger partial charge is 0.394 e. The zero-order chi connectivity index (χ0) is 13.9. The highest BCUT2D eigenvalue weighted by molar-refractivity contribution is 7.80. The molecule has 1 saturated heterocycles. The van der Waals surface area contributed by atoms with Crippen molar-refractivity contribution in [3.63, 3.8) is 0 Å². The van der Waals surface area contributed by atoms with Crippen molar-refractivity contribution < 1.29 is 40.9 Å². The van der Waals surface area contributed by atoms with Crippen LogP contribution in [-0.4, -0.2) is 63.1 Å². The fraction of sp³-hybridized carbons (Fsp3) is 1.00. The molecule has 0 aromatic heterocycles. The number of hydrogen-bond acceptors (Lipinski definition) is 7. The molecule has 0 aliphatic carbocycles. The number of rotatable bonds is 5. The molecule has 10 nitrogen and oxygen atoms in total. The topological polar surface area (TPSA) is 163 Å². The Bertz CT molecular complexity index is 398. The Kier molecular flexibility index (Phi) is 5.57. The van der Waals surface area contributed by atoms with E-state index in [0.717, 1.165) is 0 Å². The van der Waals surface area contributed by atoms with E-state index in [1.165, 1.54) is 0 Å². The van der Waals surface area contributed by atoms with Crippen molar-refractivity contribution in [3.05, 3.63) is 0 Å². The fourth-order valence-corrected chi connectivity index (χ4v) is 2.56. The monoisotopic (exact) mass is 307 g/mol. The van der Waals surface area contributed by atoms with E-state index in [4.69, 9.17) is 18.9 Å². The van der Waals surface area contributed by atoms with E-state index in [1.807, 2.05) is 4.72 Å². The predicted molar refractivity (Wildman–Crippen MR) is 56.7 cm³/mol. The highest BCUT2D eigenvalue weighted by Gasteiger charge is 2.41. The standard InChI is InChI=1S/C6H13NO9S2/c8-2-3-1-4(16-18(12,13)14)5(6(9)15-3)7-17(10)11/h3-9H,1-2H2,(H,10,11)(H,12,13,14)/t3?,4-,5?,6-/m1/s1. The van der Waals surface area contributed by atoms with Crippen LogP contribution in [0.3, 0.4) is 0 Å². The molecule has 5 atom stereocenters. The first-order valence-electron chi connectivity index (χ1n) is 4.70. The van der Waals surface area contributed by atoms with E-state index in [2.05, 4.69) is 4.18 Å². The van der Waals surface area contributed by atoms with Gasteiger partial charge in [-0.25, -0.2) is 13.1 Å². The Balaban J connectivity index is 2.85. The molecule has 3 unspecified atom stereocenters. The molecule has 1 aliphatic rings. The minimum absolute atomic E-state index is 0.206. The largest absolute Gasteiger partial charge is 0.397 e. The van der Waals surface area contributed by atoms with Gasteiger partial charge in [0.15, 0.2) is 6.29 Å². The van der Waals surface area contributed by atoms with E-state index in [-0.39, 0.29) is 6.42 Å². The van der Waals surface area contributed by atoms with Gasteiger partial charge in [0.2, 0.25) is 11.3 Å². The zero-order valence-corrected chi connectivity index (χ0v) is 10.5. The highest BCUT2D eigenvalue weighted by Crippen LogP contribution is 2.22. The molecule has 12 heteroatoms. The van der Waals surface area contributed by atoms with Crippen LogP contribution >= 0.6 is 0 Å². The molecule has 0 saturated carbocycles. The maximum absolute atomic E-state index is 10.6. The van der Waals surface area contributed by atoms with E-state index < -0.39 is 52.8 Å². The predicted octanol–water partition coefficient (Wildman–Crippen LogP) is -2.63. The first kappa shape index (κ1) is 15.9. The number of aliphatic hydroxyl groups excluding tert-OH is 2. The third kappa shape index (κ3) is 4.83. The molecule has 0 spiro atoms. The van der Waals surface area contributed by atoms with Crippen LogP contribution in [0.4, 0.5) is 0 Å². The summed E-state index contributed by atoms with van der Waals surface area (Å²) in [4.78, 5) is 0. The third-order valence-corrected chi connectivity index (χ3v) is 3.18. The van der Waals surface area contributed by atoms with Crippen molar-refractivity contribution in [3.8, 4) is 0 Å². The average Bonchev–Trinajstić information content (AvgIpc) is 2.20. The minimum Gasteiger partial charge on any atom is -0.394 e. The van der Waals surface area contributed by atoms with Gasteiger partial charge in [0.1, 0.15) is 12.1 Å². The van der Waals surface area contributed by atoms with Crippen LogP contribution in [0.25, 0.3) is 0 Å². The van der Waals surface area contributed by atoms with Crippen molar-refractivity contribution in [2.45, 2.75) is 31.0 Å². The lowest BCUT2D eigenvalue weighted by molar-refractivity contribution is -0.207. The molecule has 5 N–H and O–H groups in total. The molecule has 0 amide bonds. The Morgan fingerprint density at radius 3 is 2.56 bits per heavy atom. The van der Waals surface area contributed by atoms with Gasteiger partial charge in [-0.1, -0.05) is 0 Å². The first-order valence-corrected chi connectivity index (χ1v) is 7.17. The lowest BCUT2D eigenvalue weighted by Crippen LogP contribution is -2.57. The summed E-state index contributed by atoms with van der Waals surface area (Å²) in [5.74, 6) is 0. The SMILES string of the molecule is O=S(O)NC1[C@H](O)OC(CO)C[C@H]1OS(=O)(=O)O. The van der Waals surface area contributed by atoms with E-state index >= 15 is 0 Å². The molecule has 0 radical (unpaired) electrons. The third-order valence-electron chi connectivity index (χ3n) is 2.22. The molecule has 1 rings (SSSR count). The van der Waals surface area contributed by atoms with E-state index in [1.54, 1.807) is 0 Å². The number of ether oxygens (including phenoxy) is 1. The van der Waals surface area contributed by atoms with Crippen LogP contribution in [0.1, 0.15) is 6.42 Å². The van der Waals surface area contributed by atoms with Crippen molar-refractivity contribution in [1.29, 1.82) is 0 Å². The molecule has 1 heterocycles. The summed E-state index contributed by atoms with van der Waals surface area (Å²) in [6, 6.07) is -1.36. The van der Waals surface area contributed by atoms with Crippen LogP contribution in [0.5, 0.6) is 0 Å². The van der Waals surface area contributed by atoms with Gasteiger partial charge in [-0.15, -0.1) is 0 Å². The van der Waals surface area contributed by atoms with Gasteiger partial charge in [-0.05, 0) is 0 Å². The van der Waals surface area contributed by atoms with Crippen molar-refractivity contribution in [2.75, 3.05) is 6.61 Å². The van der Waals surface area contributed by atoms with Crippen molar-refractivity contribution in [1.82, 2.24) is 4.72 Å². The average molecular weight is 307 g/mol. The first-order chi connectivity index (χ1) is 8.23. The second-order valence-corrected chi connectivity index (χ2v) is 5.30. The Morgan fingerprint density at radius 2 is 2.11 bits per heavy atom. The van der Waals surface area contributed by atoms with Crippen LogP contribution < -0.4 is 4.72 Å². The summed E-state index contributed by atoms with van der Waals surface area (Å²) in [6.07, 6.45) is -4.17. The quantitative estimate of drug-likeness (QED) is 0.270. The second kappa shape index (κ2) is 6.31. The van der Waals surface area contributed by atoms with Gasteiger partial charge in [0.25, 0.3) is 0 Å². The van der Waals surface area contributed by atoms with Gasteiger partial charge in [0.05, 0.1) is 12.7 Å². The van der Waals surface area contributed by atoms with Gasteiger partial charge >= 0.3 is 10.4 Å². The molecule has 1 aliphatic heterocycles. The van der Waals surface area contributed by atoms with Crippen molar-refractivity contribution in [2.24, 2.45) is 0 Å². The molecule has 18 heavy (non-hydrogen) atoms. The molecule has 0 bridgehead atoms. The van der Waals surface area contributed by atoms with Crippen LogP contribution in [-0.2, 0) is 30.6 Å². The fourth-order valence-electron chi connectivity index (χ4n) is 1.55. The summed E-state index contributed by atoms with van der Waals surface area (Å²) in [5.41, 5.74) is 0. The lowest BCUT2D eigenvalue weighted by Gasteiger charge is -2.37. The minimum atomic E-state index is -4.82. The van der Waals surface area contributed by atoms with E-state index in [0.29, 0.717) is 0 Å². The van der Waals surface area contributed by atoms with Gasteiger partial charge in [0, 0.05) is 6.42 Å². The second-order valence-electron chi connectivity index (χ2n) is 3.52. The van der Waals surface area contributed by atoms with Crippen molar-refractivity contribution >= 4 is 21.7 Å². The Hall–Kier alpha value is -0.180. The zero-order valence-electron chi connectivity index (χ0n) is 8.87. The van der Waals surface area contributed by atoms with Gasteiger partial charge < -0.3 is 14.9 Å². The lowest BCUT2D eigenvalue weighted by atomic mass is 10.0. The number of aliphatic hydroxyl groups is 2. The molecular formula is C6H13NO9S2. The van der Waals surface area contributed by atoms with Crippen LogP contribution in [0, 0.1) is 0 Å². The maximum Gasteiger partial charge on any atom is 0.397 e. The highest BCUT2D eigenvalue weighted by atomic mass is 32.3. The summed E-state index contributed by atoms with van der Waals surface area (Å²) in [7, 11) is -4.82. The van der Waals surface area contributed by atoms with Crippen LogP contribution in [0.2, 0.25) is 0 Å². The Labute approximate surface area is 105 Å².